The highest BCUT2D eigenvalue weighted by Gasteiger charge is 2.14. The van der Waals surface area contributed by atoms with E-state index in [4.69, 9.17) is 9.47 Å². The Morgan fingerprint density at radius 3 is 2.49 bits per heavy atom. The summed E-state index contributed by atoms with van der Waals surface area (Å²) in [4.78, 5) is 12.4. The maximum Gasteiger partial charge on any atom is 0.178 e. The molecule has 2 aromatic heterocycles. The number of hydrogen-bond acceptors (Lipinski definition) is 4. The van der Waals surface area contributed by atoms with E-state index in [1.54, 1.807) is 6.20 Å². The molecule has 0 aliphatic carbocycles. The summed E-state index contributed by atoms with van der Waals surface area (Å²) in [7, 11) is 0. The van der Waals surface area contributed by atoms with Crippen LogP contribution in [0.4, 0.5) is 0 Å². The molecule has 2 heterocycles. The summed E-state index contributed by atoms with van der Waals surface area (Å²) in [5.41, 5.74) is 4.64. The van der Waals surface area contributed by atoms with E-state index in [1.807, 2.05) is 66.7 Å². The monoisotopic (exact) mass is 457 g/mol. The number of benzene rings is 4. The third kappa shape index (κ3) is 4.44. The Labute approximate surface area is 203 Å². The normalized spacial score (nSPS) is 11.1. The van der Waals surface area contributed by atoms with Gasteiger partial charge in [-0.1, -0.05) is 72.8 Å². The molecule has 0 radical (unpaired) electrons. The molecule has 170 valence electrons. The van der Waals surface area contributed by atoms with Crippen LogP contribution in [0.3, 0.4) is 0 Å². The number of aromatic amines is 1. The van der Waals surface area contributed by atoms with E-state index in [2.05, 4.69) is 51.4 Å². The maximum atomic E-state index is 6.41. The lowest BCUT2D eigenvalue weighted by Gasteiger charge is -2.14. The molecule has 0 bridgehead atoms. The number of rotatable bonds is 7. The smallest absolute Gasteiger partial charge is 0.178 e. The molecule has 6 rings (SSSR count). The highest BCUT2D eigenvalue weighted by molar-refractivity contribution is 5.85. The molecule has 0 fully saturated rings. The number of ether oxygens (including phenoxy) is 2. The van der Waals surface area contributed by atoms with Gasteiger partial charge in [-0.25, -0.2) is 9.97 Å². The van der Waals surface area contributed by atoms with E-state index in [9.17, 15) is 0 Å². The predicted octanol–water partition coefficient (Wildman–Crippen LogP) is 6.94. The number of imidazole rings is 1. The van der Waals surface area contributed by atoms with Gasteiger partial charge < -0.3 is 14.5 Å². The van der Waals surface area contributed by atoms with Crippen molar-refractivity contribution < 1.29 is 9.47 Å². The topological polar surface area (TPSA) is 60.0 Å². The van der Waals surface area contributed by atoms with Crippen LogP contribution in [0, 0.1) is 0 Å². The number of H-pyrrole nitrogens is 1. The second-order valence-electron chi connectivity index (χ2n) is 8.32. The molecule has 6 aromatic rings. The fourth-order valence-electron chi connectivity index (χ4n) is 4.19. The number of fused-ring (bicyclic) bond motifs is 2. The average molecular weight is 458 g/mol. The third-order valence-corrected chi connectivity index (χ3v) is 5.98. The fourth-order valence-corrected chi connectivity index (χ4v) is 4.19. The quantitative estimate of drug-likeness (QED) is 0.282. The van der Waals surface area contributed by atoms with Crippen molar-refractivity contribution in [3.8, 4) is 22.9 Å². The van der Waals surface area contributed by atoms with E-state index in [0.29, 0.717) is 30.4 Å². The summed E-state index contributed by atoms with van der Waals surface area (Å²) in [6, 6.07) is 34.5. The van der Waals surface area contributed by atoms with Gasteiger partial charge in [-0.05, 0) is 46.2 Å². The Balaban J connectivity index is 1.34. The molecule has 5 heteroatoms. The zero-order valence-corrected chi connectivity index (χ0v) is 19.0. The van der Waals surface area contributed by atoms with Gasteiger partial charge >= 0.3 is 0 Å². The van der Waals surface area contributed by atoms with E-state index in [0.717, 1.165) is 28.0 Å². The highest BCUT2D eigenvalue weighted by atomic mass is 16.5. The lowest BCUT2D eigenvalue weighted by Crippen LogP contribution is -2.00. The van der Waals surface area contributed by atoms with Crippen molar-refractivity contribution >= 4 is 21.9 Å². The van der Waals surface area contributed by atoms with Crippen LogP contribution < -0.4 is 9.47 Å². The number of pyridine rings is 1. The van der Waals surface area contributed by atoms with Crippen LogP contribution >= 0.6 is 0 Å². The largest absolute Gasteiger partial charge is 0.489 e. The lowest BCUT2D eigenvalue weighted by molar-refractivity contribution is 0.291. The summed E-state index contributed by atoms with van der Waals surface area (Å²) >= 11 is 0. The van der Waals surface area contributed by atoms with Crippen molar-refractivity contribution in [2.45, 2.75) is 13.2 Å². The summed E-state index contributed by atoms with van der Waals surface area (Å²) in [6.07, 6.45) is 1.74. The first-order chi connectivity index (χ1) is 17.3. The Morgan fingerprint density at radius 1 is 0.714 bits per heavy atom. The first-order valence-corrected chi connectivity index (χ1v) is 11.5. The van der Waals surface area contributed by atoms with Gasteiger partial charge in [-0.2, -0.15) is 0 Å². The third-order valence-electron chi connectivity index (χ3n) is 5.98. The lowest BCUT2D eigenvalue weighted by atomic mass is 10.1. The number of nitrogens with one attached hydrogen (secondary N) is 1. The van der Waals surface area contributed by atoms with E-state index < -0.39 is 0 Å². The van der Waals surface area contributed by atoms with Crippen LogP contribution in [0.5, 0.6) is 11.5 Å². The van der Waals surface area contributed by atoms with Gasteiger partial charge in [0.2, 0.25) is 0 Å². The molecular weight excluding hydrogens is 434 g/mol. The van der Waals surface area contributed by atoms with Crippen molar-refractivity contribution in [2.24, 2.45) is 0 Å². The molecular formula is C30H23N3O2. The van der Waals surface area contributed by atoms with Gasteiger partial charge in [0.25, 0.3) is 0 Å². The van der Waals surface area contributed by atoms with Gasteiger partial charge in [0.1, 0.15) is 30.5 Å². The second kappa shape index (κ2) is 9.31. The summed E-state index contributed by atoms with van der Waals surface area (Å²) < 4.78 is 12.5. The maximum absolute atomic E-state index is 6.41. The van der Waals surface area contributed by atoms with Crippen LogP contribution in [-0.2, 0) is 13.2 Å². The van der Waals surface area contributed by atoms with Gasteiger partial charge in [-0.15, -0.1) is 0 Å². The van der Waals surface area contributed by atoms with Gasteiger partial charge in [-0.3, -0.25) is 0 Å². The van der Waals surface area contributed by atoms with Crippen LogP contribution in [0.15, 0.2) is 109 Å². The van der Waals surface area contributed by atoms with Crippen LogP contribution in [0.2, 0.25) is 0 Å². The Bertz CT molecular complexity index is 1570. The Morgan fingerprint density at radius 2 is 1.57 bits per heavy atom. The minimum Gasteiger partial charge on any atom is -0.489 e. The predicted molar refractivity (Wildman–Crippen MR) is 138 cm³/mol. The van der Waals surface area contributed by atoms with E-state index in [-0.39, 0.29) is 0 Å². The molecule has 4 aromatic carbocycles. The van der Waals surface area contributed by atoms with E-state index >= 15 is 0 Å². The SMILES string of the molecule is c1ccc(COc2ccc(-c3nc4ncccc4[nH]3)c(OCc3cccc4ccccc34)c2)cc1. The van der Waals surface area contributed by atoms with Crippen molar-refractivity contribution in [1.29, 1.82) is 0 Å². The standard InChI is InChI=1S/C30H23N3O2/c1-2-8-21(9-3-1)19-34-24-15-16-26(29-32-27-14-7-17-31-30(27)33-29)28(18-24)35-20-23-12-6-11-22-10-4-5-13-25(22)23/h1-18H,19-20H2,(H,31,32,33). The zero-order chi connectivity index (χ0) is 23.5. The van der Waals surface area contributed by atoms with Gasteiger partial charge in [0.15, 0.2) is 5.65 Å². The Kier molecular flexibility index (Phi) is 5.57. The minimum atomic E-state index is 0.426. The number of nitrogens with zero attached hydrogens (tertiary/aromatic N) is 2. The molecule has 0 aliphatic heterocycles. The summed E-state index contributed by atoms with van der Waals surface area (Å²) in [5, 5.41) is 2.37. The van der Waals surface area contributed by atoms with Crippen molar-refractivity contribution in [2.75, 3.05) is 0 Å². The van der Waals surface area contributed by atoms with E-state index in [1.165, 1.54) is 10.8 Å². The summed E-state index contributed by atoms with van der Waals surface area (Å²) in [6.45, 7) is 0.909. The molecule has 1 N–H and O–H groups in total. The first kappa shape index (κ1) is 20.9. The number of aromatic nitrogens is 3. The zero-order valence-electron chi connectivity index (χ0n) is 19.0. The number of hydrogen-bond donors (Lipinski definition) is 1. The summed E-state index contributed by atoms with van der Waals surface area (Å²) in [5.74, 6) is 2.14. The van der Waals surface area contributed by atoms with Gasteiger partial charge in [0.05, 0.1) is 11.1 Å². The molecule has 0 saturated carbocycles. The molecule has 0 amide bonds. The Hall–Kier alpha value is -4.64. The molecule has 0 unspecified atom stereocenters. The van der Waals surface area contributed by atoms with Crippen molar-refractivity contribution in [1.82, 2.24) is 15.0 Å². The van der Waals surface area contributed by atoms with Crippen LogP contribution in [0.25, 0.3) is 33.3 Å². The first-order valence-electron chi connectivity index (χ1n) is 11.5. The molecule has 35 heavy (non-hydrogen) atoms. The van der Waals surface area contributed by atoms with Crippen molar-refractivity contribution in [3.63, 3.8) is 0 Å². The van der Waals surface area contributed by atoms with Crippen LogP contribution in [-0.4, -0.2) is 15.0 Å². The molecule has 0 spiro atoms. The molecule has 0 aliphatic rings. The van der Waals surface area contributed by atoms with Crippen molar-refractivity contribution in [3.05, 3.63) is 120 Å². The second-order valence-corrected chi connectivity index (χ2v) is 8.32. The molecule has 0 saturated heterocycles. The average Bonchev–Trinajstić information content (AvgIpc) is 3.35. The van der Waals surface area contributed by atoms with Gasteiger partial charge in [0, 0.05) is 12.3 Å². The minimum absolute atomic E-state index is 0.426. The fraction of sp³-hybridized carbons (Fsp3) is 0.0667. The molecule has 0 atom stereocenters. The highest BCUT2D eigenvalue weighted by Crippen LogP contribution is 2.34. The van der Waals surface area contributed by atoms with Crippen LogP contribution in [0.1, 0.15) is 11.1 Å². The molecule has 5 nitrogen and oxygen atoms in total.